The number of hydrogen-bond donors (Lipinski definition) is 2. The van der Waals surface area contributed by atoms with E-state index in [0.717, 1.165) is 12.8 Å². The van der Waals surface area contributed by atoms with E-state index in [0.29, 0.717) is 0 Å². The van der Waals surface area contributed by atoms with Crippen molar-refractivity contribution in [2.24, 2.45) is 16.7 Å². The molecule has 0 aliphatic heterocycles. The number of amides is 1. The highest BCUT2D eigenvalue weighted by Gasteiger charge is 2.68. The Morgan fingerprint density at radius 1 is 1.31 bits per heavy atom. The SMILES string of the molecule is CC(CCCO)NC(=O)C1C(C)(C)C1(C)C. The zero-order valence-corrected chi connectivity index (χ0v) is 11.1. The molecule has 1 amide bonds. The molecule has 1 saturated carbocycles. The van der Waals surface area contributed by atoms with E-state index >= 15 is 0 Å². The Bertz CT molecular complexity index is 257. The van der Waals surface area contributed by atoms with Crippen molar-refractivity contribution in [3.8, 4) is 0 Å². The van der Waals surface area contributed by atoms with Crippen LogP contribution < -0.4 is 5.32 Å². The van der Waals surface area contributed by atoms with Crippen molar-refractivity contribution in [3.63, 3.8) is 0 Å². The zero-order valence-electron chi connectivity index (χ0n) is 11.1. The highest BCUT2D eigenvalue weighted by Crippen LogP contribution is 2.68. The molecule has 94 valence electrons. The van der Waals surface area contributed by atoms with Gasteiger partial charge in [0.05, 0.1) is 0 Å². The van der Waals surface area contributed by atoms with E-state index in [1.807, 2.05) is 6.92 Å². The molecule has 0 heterocycles. The van der Waals surface area contributed by atoms with E-state index < -0.39 is 0 Å². The molecule has 2 N–H and O–H groups in total. The van der Waals surface area contributed by atoms with Gasteiger partial charge in [0, 0.05) is 18.6 Å². The fourth-order valence-electron chi connectivity index (χ4n) is 2.65. The maximum Gasteiger partial charge on any atom is 0.224 e. The van der Waals surface area contributed by atoms with Gasteiger partial charge in [-0.05, 0) is 30.6 Å². The van der Waals surface area contributed by atoms with Gasteiger partial charge in [0.15, 0.2) is 0 Å². The second kappa shape index (κ2) is 4.36. The molecule has 3 heteroatoms. The van der Waals surface area contributed by atoms with Crippen LogP contribution in [0.25, 0.3) is 0 Å². The molecular weight excluding hydrogens is 202 g/mol. The van der Waals surface area contributed by atoms with Gasteiger partial charge in [0.25, 0.3) is 0 Å². The first kappa shape index (κ1) is 13.5. The van der Waals surface area contributed by atoms with E-state index in [1.165, 1.54) is 0 Å². The van der Waals surface area contributed by atoms with Gasteiger partial charge in [-0.25, -0.2) is 0 Å². The summed E-state index contributed by atoms with van der Waals surface area (Å²) in [7, 11) is 0. The van der Waals surface area contributed by atoms with E-state index in [9.17, 15) is 4.79 Å². The summed E-state index contributed by atoms with van der Waals surface area (Å²) in [6, 6.07) is 0.159. The van der Waals surface area contributed by atoms with Crippen LogP contribution in [0.3, 0.4) is 0 Å². The molecule has 0 aromatic heterocycles. The lowest BCUT2D eigenvalue weighted by molar-refractivity contribution is -0.124. The summed E-state index contributed by atoms with van der Waals surface area (Å²) < 4.78 is 0. The Morgan fingerprint density at radius 3 is 2.19 bits per heavy atom. The van der Waals surface area contributed by atoms with Crippen LogP contribution in [0.2, 0.25) is 0 Å². The monoisotopic (exact) mass is 227 g/mol. The molecule has 1 rings (SSSR count). The van der Waals surface area contributed by atoms with Crippen molar-refractivity contribution < 1.29 is 9.90 Å². The number of hydrogen-bond acceptors (Lipinski definition) is 2. The largest absolute Gasteiger partial charge is 0.396 e. The summed E-state index contributed by atoms with van der Waals surface area (Å²) in [5.74, 6) is 0.289. The maximum atomic E-state index is 12.0. The van der Waals surface area contributed by atoms with Crippen molar-refractivity contribution in [1.29, 1.82) is 0 Å². The summed E-state index contributed by atoms with van der Waals surface area (Å²) in [5.41, 5.74) is 0.210. The molecule has 0 aromatic rings. The Kier molecular flexibility index (Phi) is 3.68. The highest BCUT2D eigenvalue weighted by atomic mass is 16.3. The van der Waals surface area contributed by atoms with E-state index in [1.54, 1.807) is 0 Å². The van der Waals surface area contributed by atoms with Crippen LogP contribution >= 0.6 is 0 Å². The van der Waals surface area contributed by atoms with Gasteiger partial charge >= 0.3 is 0 Å². The van der Waals surface area contributed by atoms with Crippen molar-refractivity contribution in [1.82, 2.24) is 5.32 Å². The molecule has 0 aromatic carbocycles. The Balaban J connectivity index is 2.44. The minimum Gasteiger partial charge on any atom is -0.396 e. The maximum absolute atomic E-state index is 12.0. The second-order valence-electron chi connectivity index (χ2n) is 6.15. The molecular formula is C13H25NO2. The first-order chi connectivity index (χ1) is 7.25. The molecule has 1 unspecified atom stereocenters. The van der Waals surface area contributed by atoms with Crippen LogP contribution in [-0.2, 0) is 4.79 Å². The summed E-state index contributed by atoms with van der Waals surface area (Å²) in [6.07, 6.45) is 1.59. The van der Waals surface area contributed by atoms with Crippen molar-refractivity contribution >= 4 is 5.91 Å². The lowest BCUT2D eigenvalue weighted by Crippen LogP contribution is -2.35. The fourth-order valence-corrected chi connectivity index (χ4v) is 2.65. The summed E-state index contributed by atoms with van der Waals surface area (Å²) in [6.45, 7) is 10.8. The van der Waals surface area contributed by atoms with Crippen LogP contribution in [0.4, 0.5) is 0 Å². The molecule has 0 spiro atoms. The molecule has 1 atom stereocenters. The second-order valence-corrected chi connectivity index (χ2v) is 6.15. The van der Waals surface area contributed by atoms with E-state index in [4.69, 9.17) is 5.11 Å². The normalized spacial score (nSPS) is 23.9. The van der Waals surface area contributed by atoms with Crippen LogP contribution in [0.5, 0.6) is 0 Å². The first-order valence-electron chi connectivity index (χ1n) is 6.16. The van der Waals surface area contributed by atoms with Gasteiger partial charge < -0.3 is 10.4 Å². The van der Waals surface area contributed by atoms with E-state index in [2.05, 4.69) is 33.0 Å². The number of aliphatic hydroxyl groups is 1. The minimum atomic E-state index is 0.105. The number of carbonyl (C=O) groups excluding carboxylic acids is 1. The standard InChI is InChI=1S/C13H25NO2/c1-9(7-6-8-15)14-11(16)10-12(2,3)13(10,4)5/h9-10,15H,6-8H2,1-5H3,(H,14,16). The fraction of sp³-hybridized carbons (Fsp3) is 0.923. The quantitative estimate of drug-likeness (QED) is 0.754. The zero-order chi connectivity index (χ0) is 12.6. The summed E-state index contributed by atoms with van der Waals surface area (Å²) in [4.78, 5) is 12.0. The summed E-state index contributed by atoms with van der Waals surface area (Å²) in [5, 5.41) is 11.8. The van der Waals surface area contributed by atoms with Crippen molar-refractivity contribution in [2.75, 3.05) is 6.61 Å². The number of aliphatic hydroxyl groups excluding tert-OH is 1. The molecule has 0 radical (unpaired) electrons. The van der Waals surface area contributed by atoms with Gasteiger partial charge in [0.2, 0.25) is 5.91 Å². The topological polar surface area (TPSA) is 49.3 Å². The van der Waals surface area contributed by atoms with Crippen LogP contribution in [0, 0.1) is 16.7 Å². The lowest BCUT2D eigenvalue weighted by Gasteiger charge is -2.14. The van der Waals surface area contributed by atoms with Crippen molar-refractivity contribution in [2.45, 2.75) is 53.5 Å². The van der Waals surface area contributed by atoms with Gasteiger partial charge in [-0.1, -0.05) is 27.7 Å². The number of carbonyl (C=O) groups is 1. The molecule has 1 fully saturated rings. The predicted octanol–water partition coefficient (Wildman–Crippen LogP) is 1.95. The van der Waals surface area contributed by atoms with Gasteiger partial charge in [-0.3, -0.25) is 4.79 Å². The van der Waals surface area contributed by atoms with Gasteiger partial charge in [0.1, 0.15) is 0 Å². The highest BCUT2D eigenvalue weighted by molar-refractivity contribution is 5.84. The van der Waals surface area contributed by atoms with Gasteiger partial charge in [-0.15, -0.1) is 0 Å². The third-order valence-electron chi connectivity index (χ3n) is 4.47. The number of nitrogens with one attached hydrogen (secondary N) is 1. The average Bonchev–Trinajstić information content (AvgIpc) is 2.54. The number of rotatable bonds is 5. The van der Waals surface area contributed by atoms with Crippen LogP contribution in [-0.4, -0.2) is 23.7 Å². The third kappa shape index (κ3) is 2.24. The summed E-state index contributed by atoms with van der Waals surface area (Å²) >= 11 is 0. The van der Waals surface area contributed by atoms with E-state index in [-0.39, 0.29) is 35.3 Å². The minimum absolute atomic E-state index is 0.105. The molecule has 1 aliphatic carbocycles. The Labute approximate surface area is 98.6 Å². The first-order valence-corrected chi connectivity index (χ1v) is 6.16. The van der Waals surface area contributed by atoms with Crippen molar-refractivity contribution in [3.05, 3.63) is 0 Å². The molecule has 3 nitrogen and oxygen atoms in total. The smallest absolute Gasteiger partial charge is 0.224 e. The Hall–Kier alpha value is -0.570. The average molecular weight is 227 g/mol. The lowest BCUT2D eigenvalue weighted by atomic mass is 10.0. The van der Waals surface area contributed by atoms with Crippen LogP contribution in [0.1, 0.15) is 47.5 Å². The molecule has 0 bridgehead atoms. The predicted molar refractivity (Wildman–Crippen MR) is 65.0 cm³/mol. The molecule has 1 aliphatic rings. The van der Waals surface area contributed by atoms with Gasteiger partial charge in [-0.2, -0.15) is 0 Å². The molecule has 0 saturated heterocycles. The molecule has 16 heavy (non-hydrogen) atoms. The van der Waals surface area contributed by atoms with Crippen LogP contribution in [0.15, 0.2) is 0 Å². The third-order valence-corrected chi connectivity index (χ3v) is 4.47. The Morgan fingerprint density at radius 2 is 1.81 bits per heavy atom.